The predicted molar refractivity (Wildman–Crippen MR) is 71.0 cm³/mol. The molecule has 1 unspecified atom stereocenters. The number of carbonyl (C=O) groups excluding carboxylic acids is 1. The van der Waals surface area contributed by atoms with Gasteiger partial charge in [0, 0.05) is 11.6 Å². The fraction of sp³-hybridized carbons (Fsp3) is 0.417. The van der Waals surface area contributed by atoms with Crippen molar-refractivity contribution in [2.24, 2.45) is 5.73 Å². The minimum absolute atomic E-state index is 0.146. The Morgan fingerprint density at radius 1 is 1.53 bits per heavy atom. The van der Waals surface area contributed by atoms with E-state index < -0.39 is 22.5 Å². The Labute approximate surface area is 110 Å². The summed E-state index contributed by atoms with van der Waals surface area (Å²) < 4.78 is 0. The number of aliphatic hydroxyl groups is 1. The maximum absolute atomic E-state index is 11.1. The van der Waals surface area contributed by atoms with E-state index in [0.29, 0.717) is 0 Å². The number of hydrogen-bond donors (Lipinski definition) is 3. The third-order valence-electron chi connectivity index (χ3n) is 2.98. The number of amides is 1. The molecule has 7 heteroatoms. The molecule has 1 aromatic rings. The first-order chi connectivity index (χ1) is 8.65. The predicted octanol–water partition coefficient (Wildman–Crippen LogP) is 1.26. The summed E-state index contributed by atoms with van der Waals surface area (Å²) in [4.78, 5) is 21.5. The van der Waals surface area contributed by atoms with E-state index in [0.717, 1.165) is 0 Å². The van der Waals surface area contributed by atoms with Gasteiger partial charge in [0.25, 0.3) is 5.69 Å². The van der Waals surface area contributed by atoms with Crippen LogP contribution in [0.2, 0.25) is 0 Å². The highest BCUT2D eigenvalue weighted by atomic mass is 16.6. The summed E-state index contributed by atoms with van der Waals surface area (Å²) in [5, 5.41) is 23.4. The highest BCUT2D eigenvalue weighted by molar-refractivity contribution is 5.94. The van der Waals surface area contributed by atoms with Gasteiger partial charge in [-0.2, -0.15) is 0 Å². The first kappa shape index (κ1) is 14.9. The number of rotatable bonds is 5. The number of aliphatic hydroxyl groups excluding tert-OH is 1. The molecule has 1 aromatic carbocycles. The molecule has 0 radical (unpaired) electrons. The van der Waals surface area contributed by atoms with Crippen molar-refractivity contribution in [1.29, 1.82) is 0 Å². The molecule has 0 heterocycles. The molecule has 0 saturated carbocycles. The van der Waals surface area contributed by atoms with E-state index in [1.54, 1.807) is 20.8 Å². The van der Waals surface area contributed by atoms with Crippen LogP contribution >= 0.6 is 0 Å². The van der Waals surface area contributed by atoms with E-state index in [1.165, 1.54) is 18.2 Å². The molecule has 104 valence electrons. The molecule has 0 saturated heterocycles. The Morgan fingerprint density at radius 3 is 2.53 bits per heavy atom. The zero-order valence-corrected chi connectivity index (χ0v) is 11.0. The summed E-state index contributed by atoms with van der Waals surface area (Å²) in [6.45, 7) is 4.95. The maximum Gasteiger partial charge on any atom is 0.292 e. The van der Waals surface area contributed by atoms with E-state index in [-0.39, 0.29) is 16.9 Å². The molecule has 19 heavy (non-hydrogen) atoms. The average molecular weight is 267 g/mol. The number of nitrogens with one attached hydrogen (secondary N) is 1. The number of nitrogens with two attached hydrogens (primary N) is 1. The molecule has 1 atom stereocenters. The Balaban J connectivity index is 3.26. The molecule has 1 rings (SSSR count). The summed E-state index contributed by atoms with van der Waals surface area (Å²) in [5.41, 5.74) is 4.48. The number of nitrogens with zero attached hydrogens (tertiary/aromatic N) is 1. The number of nitro benzene ring substituents is 1. The fourth-order valence-corrected chi connectivity index (χ4v) is 1.40. The molecule has 0 bridgehead atoms. The molecule has 1 amide bonds. The third-order valence-corrected chi connectivity index (χ3v) is 2.98. The summed E-state index contributed by atoms with van der Waals surface area (Å²) in [6, 6.07) is 3.81. The maximum atomic E-state index is 11.1. The smallest absolute Gasteiger partial charge is 0.292 e. The first-order valence-corrected chi connectivity index (χ1v) is 5.69. The van der Waals surface area contributed by atoms with Crippen molar-refractivity contribution in [2.45, 2.75) is 32.4 Å². The van der Waals surface area contributed by atoms with Gasteiger partial charge in [-0.1, -0.05) is 0 Å². The van der Waals surface area contributed by atoms with Crippen LogP contribution in [-0.4, -0.2) is 27.6 Å². The number of carbonyl (C=O) groups is 1. The van der Waals surface area contributed by atoms with Gasteiger partial charge < -0.3 is 16.2 Å². The normalized spacial score (nSPS) is 12.8. The van der Waals surface area contributed by atoms with Gasteiger partial charge >= 0.3 is 0 Å². The zero-order valence-electron chi connectivity index (χ0n) is 11.0. The summed E-state index contributed by atoms with van der Waals surface area (Å²) in [7, 11) is 0. The van der Waals surface area contributed by atoms with Crippen LogP contribution in [0.4, 0.5) is 11.4 Å². The van der Waals surface area contributed by atoms with Crippen molar-refractivity contribution in [3.63, 3.8) is 0 Å². The molecule has 0 fully saturated rings. The second-order valence-electron chi connectivity index (χ2n) is 4.88. The zero-order chi connectivity index (χ0) is 14.8. The number of nitro groups is 1. The summed E-state index contributed by atoms with van der Waals surface area (Å²) >= 11 is 0. The summed E-state index contributed by atoms with van der Waals surface area (Å²) in [5.74, 6) is -0.673. The second kappa shape index (κ2) is 5.23. The van der Waals surface area contributed by atoms with Crippen molar-refractivity contribution in [2.75, 3.05) is 5.32 Å². The van der Waals surface area contributed by atoms with Crippen LogP contribution in [-0.2, 0) is 0 Å². The molecular weight excluding hydrogens is 250 g/mol. The monoisotopic (exact) mass is 267 g/mol. The number of benzene rings is 1. The van der Waals surface area contributed by atoms with Crippen molar-refractivity contribution in [3.8, 4) is 0 Å². The number of anilines is 1. The lowest BCUT2D eigenvalue weighted by Crippen LogP contribution is -2.42. The standard InChI is InChI=1S/C12H17N3O4/c1-7(16)12(2,3)14-9-6-8(11(13)17)4-5-10(9)15(18)19/h4-7,14,16H,1-3H3,(H2,13,17). The van der Waals surface area contributed by atoms with Gasteiger partial charge in [0.15, 0.2) is 0 Å². The van der Waals surface area contributed by atoms with Crippen LogP contribution in [0.3, 0.4) is 0 Å². The molecule has 0 aromatic heterocycles. The van der Waals surface area contributed by atoms with Crippen LogP contribution in [0, 0.1) is 10.1 Å². The number of primary amides is 1. The Hall–Kier alpha value is -2.15. The molecule has 4 N–H and O–H groups in total. The van der Waals surface area contributed by atoms with E-state index in [1.807, 2.05) is 0 Å². The van der Waals surface area contributed by atoms with Gasteiger partial charge in [-0.15, -0.1) is 0 Å². The van der Waals surface area contributed by atoms with E-state index in [4.69, 9.17) is 5.73 Å². The Morgan fingerprint density at radius 2 is 2.11 bits per heavy atom. The van der Waals surface area contributed by atoms with Crippen molar-refractivity contribution >= 4 is 17.3 Å². The van der Waals surface area contributed by atoms with Crippen LogP contribution in [0.1, 0.15) is 31.1 Å². The van der Waals surface area contributed by atoms with Crippen LogP contribution < -0.4 is 11.1 Å². The molecular formula is C12H17N3O4. The molecule has 0 aliphatic carbocycles. The van der Waals surface area contributed by atoms with Crippen molar-refractivity contribution in [3.05, 3.63) is 33.9 Å². The Kier molecular flexibility index (Phi) is 4.10. The van der Waals surface area contributed by atoms with Crippen LogP contribution in [0.25, 0.3) is 0 Å². The SMILES string of the molecule is CC(O)C(C)(C)Nc1cc(C(N)=O)ccc1[N+](=O)[O-]. The van der Waals surface area contributed by atoms with Crippen LogP contribution in [0.15, 0.2) is 18.2 Å². The van der Waals surface area contributed by atoms with Crippen molar-refractivity contribution < 1.29 is 14.8 Å². The molecule has 7 nitrogen and oxygen atoms in total. The van der Waals surface area contributed by atoms with Gasteiger partial charge in [-0.25, -0.2) is 0 Å². The van der Waals surface area contributed by atoms with Gasteiger partial charge in [0.2, 0.25) is 5.91 Å². The average Bonchev–Trinajstić information content (AvgIpc) is 2.27. The quantitative estimate of drug-likeness (QED) is 0.548. The lowest BCUT2D eigenvalue weighted by Gasteiger charge is -2.30. The first-order valence-electron chi connectivity index (χ1n) is 5.69. The topological polar surface area (TPSA) is 118 Å². The minimum Gasteiger partial charge on any atom is -0.391 e. The van der Waals surface area contributed by atoms with E-state index >= 15 is 0 Å². The lowest BCUT2D eigenvalue weighted by atomic mass is 9.97. The molecule has 0 aliphatic heterocycles. The second-order valence-corrected chi connectivity index (χ2v) is 4.88. The highest BCUT2D eigenvalue weighted by Gasteiger charge is 2.27. The third kappa shape index (κ3) is 3.41. The Bertz CT molecular complexity index is 512. The summed E-state index contributed by atoms with van der Waals surface area (Å²) in [6.07, 6.45) is -0.746. The van der Waals surface area contributed by atoms with Gasteiger partial charge in [-0.3, -0.25) is 14.9 Å². The number of hydrogen-bond acceptors (Lipinski definition) is 5. The fourth-order valence-electron chi connectivity index (χ4n) is 1.40. The van der Waals surface area contributed by atoms with E-state index in [9.17, 15) is 20.0 Å². The van der Waals surface area contributed by atoms with Gasteiger partial charge in [0.05, 0.1) is 16.6 Å². The van der Waals surface area contributed by atoms with Gasteiger partial charge in [0.1, 0.15) is 5.69 Å². The molecule has 0 aliphatic rings. The van der Waals surface area contributed by atoms with Gasteiger partial charge in [-0.05, 0) is 32.9 Å². The highest BCUT2D eigenvalue weighted by Crippen LogP contribution is 2.29. The lowest BCUT2D eigenvalue weighted by molar-refractivity contribution is -0.384. The molecule has 0 spiro atoms. The van der Waals surface area contributed by atoms with Crippen LogP contribution in [0.5, 0.6) is 0 Å². The van der Waals surface area contributed by atoms with Crippen molar-refractivity contribution in [1.82, 2.24) is 0 Å². The largest absolute Gasteiger partial charge is 0.391 e. The van der Waals surface area contributed by atoms with E-state index in [2.05, 4.69) is 5.32 Å². The minimum atomic E-state index is -0.791.